The number of rotatable bonds is 4. The Morgan fingerprint density at radius 1 is 1.59 bits per heavy atom. The Hall–Kier alpha value is -0.870. The summed E-state index contributed by atoms with van der Waals surface area (Å²) in [6.07, 6.45) is 6.44. The van der Waals surface area contributed by atoms with Crippen molar-refractivity contribution in [3.05, 3.63) is 18.2 Å². The Morgan fingerprint density at radius 3 is 3.06 bits per heavy atom. The molecule has 1 N–H and O–H groups in total. The monoisotopic (exact) mass is 237 g/mol. The second-order valence-corrected chi connectivity index (χ2v) is 5.48. The molecule has 1 atom stereocenters. The first-order valence-electron chi connectivity index (χ1n) is 6.37. The maximum Gasteiger partial charge on any atom is 0.0954 e. The molecular formula is C13H23N3O. The molecule has 1 aliphatic heterocycles. The Bertz CT molecular complexity index is 353. The summed E-state index contributed by atoms with van der Waals surface area (Å²) < 4.78 is 7.58. The number of imidazole rings is 1. The summed E-state index contributed by atoms with van der Waals surface area (Å²) in [5, 5.41) is 3.46. The van der Waals surface area contributed by atoms with Gasteiger partial charge in [0.25, 0.3) is 0 Å². The van der Waals surface area contributed by atoms with Crippen LogP contribution in [0.15, 0.2) is 12.5 Å². The van der Waals surface area contributed by atoms with Crippen molar-refractivity contribution in [1.29, 1.82) is 0 Å². The zero-order valence-electron chi connectivity index (χ0n) is 11.1. The molecule has 1 saturated heterocycles. The van der Waals surface area contributed by atoms with Gasteiger partial charge in [-0.3, -0.25) is 0 Å². The number of nitrogens with one attached hydrogen (secondary N) is 1. The molecule has 96 valence electrons. The highest BCUT2D eigenvalue weighted by Gasteiger charge is 2.26. The van der Waals surface area contributed by atoms with Crippen molar-refractivity contribution in [2.24, 2.45) is 0 Å². The molecule has 0 saturated carbocycles. The van der Waals surface area contributed by atoms with Crippen LogP contribution in [-0.2, 0) is 10.3 Å². The molecule has 2 rings (SSSR count). The molecule has 1 fully saturated rings. The standard InChI is InChI=1S/C13H23N3O/c1-13(2,9-17-3)16-10-15-8-12(16)11-5-4-6-14-7-11/h8,10-11,14H,4-7,9H2,1-3H3. The molecular weight excluding hydrogens is 214 g/mol. The zero-order valence-corrected chi connectivity index (χ0v) is 11.1. The van der Waals surface area contributed by atoms with Crippen molar-refractivity contribution in [3.8, 4) is 0 Å². The summed E-state index contributed by atoms with van der Waals surface area (Å²) in [5.41, 5.74) is 1.30. The van der Waals surface area contributed by atoms with Gasteiger partial charge in [0.2, 0.25) is 0 Å². The Morgan fingerprint density at radius 2 is 2.41 bits per heavy atom. The zero-order chi connectivity index (χ0) is 12.3. The van der Waals surface area contributed by atoms with E-state index in [1.54, 1.807) is 7.11 Å². The first-order valence-corrected chi connectivity index (χ1v) is 6.37. The van der Waals surface area contributed by atoms with E-state index in [4.69, 9.17) is 4.74 Å². The van der Waals surface area contributed by atoms with E-state index in [-0.39, 0.29) is 5.54 Å². The highest BCUT2D eigenvalue weighted by atomic mass is 16.5. The van der Waals surface area contributed by atoms with Gasteiger partial charge >= 0.3 is 0 Å². The topological polar surface area (TPSA) is 39.1 Å². The largest absolute Gasteiger partial charge is 0.382 e. The lowest BCUT2D eigenvalue weighted by atomic mass is 9.95. The van der Waals surface area contributed by atoms with Gasteiger partial charge in [-0.15, -0.1) is 0 Å². The lowest BCUT2D eigenvalue weighted by Crippen LogP contribution is -2.36. The molecule has 1 aromatic rings. The van der Waals surface area contributed by atoms with Crippen LogP contribution >= 0.6 is 0 Å². The third-order valence-electron chi connectivity index (χ3n) is 3.53. The molecule has 1 aromatic heterocycles. The molecule has 4 nitrogen and oxygen atoms in total. The maximum atomic E-state index is 5.31. The fourth-order valence-electron chi connectivity index (χ4n) is 2.64. The van der Waals surface area contributed by atoms with Crippen molar-refractivity contribution in [1.82, 2.24) is 14.9 Å². The molecule has 0 amide bonds. The summed E-state index contributed by atoms with van der Waals surface area (Å²) in [6, 6.07) is 0. The van der Waals surface area contributed by atoms with E-state index in [1.807, 2.05) is 12.5 Å². The number of ether oxygens (including phenoxy) is 1. The van der Waals surface area contributed by atoms with Crippen LogP contribution < -0.4 is 5.32 Å². The first-order chi connectivity index (χ1) is 8.15. The predicted octanol–water partition coefficient (Wildman–Crippen LogP) is 1.73. The molecule has 1 unspecified atom stereocenters. The summed E-state index contributed by atoms with van der Waals surface area (Å²) >= 11 is 0. The van der Waals surface area contributed by atoms with Gasteiger partial charge in [0.1, 0.15) is 0 Å². The van der Waals surface area contributed by atoms with Crippen LogP contribution in [0.3, 0.4) is 0 Å². The minimum Gasteiger partial charge on any atom is -0.382 e. The van der Waals surface area contributed by atoms with Crippen molar-refractivity contribution in [3.63, 3.8) is 0 Å². The fourth-order valence-corrected chi connectivity index (χ4v) is 2.64. The Balaban J connectivity index is 2.21. The highest BCUT2D eigenvalue weighted by Crippen LogP contribution is 2.27. The van der Waals surface area contributed by atoms with Crippen LogP contribution in [0.25, 0.3) is 0 Å². The van der Waals surface area contributed by atoms with Crippen molar-refractivity contribution in [2.75, 3.05) is 26.8 Å². The van der Waals surface area contributed by atoms with E-state index >= 15 is 0 Å². The molecule has 0 radical (unpaired) electrons. The number of hydrogen-bond donors (Lipinski definition) is 1. The van der Waals surface area contributed by atoms with Crippen molar-refractivity contribution in [2.45, 2.75) is 38.1 Å². The quantitative estimate of drug-likeness (QED) is 0.867. The molecule has 1 aliphatic rings. The lowest BCUT2D eigenvalue weighted by molar-refractivity contribution is 0.106. The number of nitrogens with zero attached hydrogens (tertiary/aromatic N) is 2. The van der Waals surface area contributed by atoms with E-state index in [1.165, 1.54) is 18.5 Å². The van der Waals surface area contributed by atoms with Gasteiger partial charge in [0, 0.05) is 31.5 Å². The third-order valence-corrected chi connectivity index (χ3v) is 3.53. The smallest absolute Gasteiger partial charge is 0.0954 e. The average molecular weight is 237 g/mol. The second-order valence-electron chi connectivity index (χ2n) is 5.48. The summed E-state index contributed by atoms with van der Waals surface area (Å²) in [4.78, 5) is 4.33. The molecule has 0 aromatic carbocycles. The molecule has 17 heavy (non-hydrogen) atoms. The van der Waals surface area contributed by atoms with Gasteiger partial charge in [0.15, 0.2) is 0 Å². The van der Waals surface area contributed by atoms with E-state index in [0.717, 1.165) is 13.1 Å². The van der Waals surface area contributed by atoms with E-state index in [2.05, 4.69) is 28.7 Å². The molecule has 2 heterocycles. The van der Waals surface area contributed by atoms with Crippen LogP contribution in [0.4, 0.5) is 0 Å². The van der Waals surface area contributed by atoms with Gasteiger partial charge in [-0.1, -0.05) is 0 Å². The van der Waals surface area contributed by atoms with Gasteiger partial charge in [-0.2, -0.15) is 0 Å². The van der Waals surface area contributed by atoms with E-state index in [9.17, 15) is 0 Å². The number of aromatic nitrogens is 2. The summed E-state index contributed by atoms with van der Waals surface area (Å²) in [6.45, 7) is 7.30. The van der Waals surface area contributed by atoms with Gasteiger partial charge < -0.3 is 14.6 Å². The fraction of sp³-hybridized carbons (Fsp3) is 0.769. The summed E-state index contributed by atoms with van der Waals surface area (Å²) in [7, 11) is 1.75. The minimum atomic E-state index is -0.0297. The normalized spacial score (nSPS) is 21.7. The number of piperidine rings is 1. The van der Waals surface area contributed by atoms with Crippen LogP contribution in [0.2, 0.25) is 0 Å². The second kappa shape index (κ2) is 5.19. The minimum absolute atomic E-state index is 0.0297. The van der Waals surface area contributed by atoms with Crippen molar-refractivity contribution < 1.29 is 4.74 Å². The Kier molecular flexibility index (Phi) is 3.84. The van der Waals surface area contributed by atoms with Crippen LogP contribution in [0.1, 0.15) is 38.3 Å². The lowest BCUT2D eigenvalue weighted by Gasteiger charge is -2.31. The summed E-state index contributed by atoms with van der Waals surface area (Å²) in [5.74, 6) is 0.586. The van der Waals surface area contributed by atoms with Crippen molar-refractivity contribution >= 4 is 0 Å². The van der Waals surface area contributed by atoms with Crippen LogP contribution in [0.5, 0.6) is 0 Å². The molecule has 0 bridgehead atoms. The van der Waals surface area contributed by atoms with Gasteiger partial charge in [-0.25, -0.2) is 4.98 Å². The third kappa shape index (κ3) is 2.69. The molecule has 4 heteroatoms. The average Bonchev–Trinajstić information content (AvgIpc) is 2.79. The van der Waals surface area contributed by atoms with Gasteiger partial charge in [0.05, 0.1) is 18.5 Å². The van der Waals surface area contributed by atoms with Gasteiger partial charge in [-0.05, 0) is 33.2 Å². The SMILES string of the molecule is COCC(C)(C)n1cncc1C1CCCNC1. The first kappa shape index (κ1) is 12.6. The molecule has 0 aliphatic carbocycles. The Labute approximate surface area is 103 Å². The van der Waals surface area contributed by atoms with E-state index < -0.39 is 0 Å². The van der Waals surface area contributed by atoms with Crippen LogP contribution in [-0.4, -0.2) is 36.4 Å². The predicted molar refractivity (Wildman–Crippen MR) is 68.3 cm³/mol. The number of methoxy groups -OCH3 is 1. The molecule has 0 spiro atoms. The number of hydrogen-bond acceptors (Lipinski definition) is 3. The maximum absolute atomic E-state index is 5.31. The highest BCUT2D eigenvalue weighted by molar-refractivity contribution is 5.11. The van der Waals surface area contributed by atoms with E-state index in [0.29, 0.717) is 12.5 Å². The van der Waals surface area contributed by atoms with Crippen LogP contribution in [0, 0.1) is 0 Å².